The van der Waals surface area contributed by atoms with Crippen LogP contribution in [0.25, 0.3) is 0 Å². The summed E-state index contributed by atoms with van der Waals surface area (Å²) in [5, 5.41) is 2.60. The van der Waals surface area contributed by atoms with Crippen molar-refractivity contribution in [2.75, 3.05) is 4.90 Å². The minimum absolute atomic E-state index is 0.230. The Kier molecular flexibility index (Phi) is 4.25. The van der Waals surface area contributed by atoms with E-state index in [4.69, 9.17) is 0 Å². The van der Waals surface area contributed by atoms with Gasteiger partial charge in [0.25, 0.3) is 0 Å². The van der Waals surface area contributed by atoms with Crippen LogP contribution in [0.3, 0.4) is 0 Å². The van der Waals surface area contributed by atoms with E-state index in [1.54, 1.807) is 13.8 Å². The Bertz CT molecular complexity index is 589. The van der Waals surface area contributed by atoms with Crippen LogP contribution >= 0.6 is 0 Å². The molecule has 114 valence electrons. The van der Waals surface area contributed by atoms with Crippen molar-refractivity contribution in [3.8, 4) is 0 Å². The van der Waals surface area contributed by atoms with Crippen molar-refractivity contribution in [1.82, 2.24) is 5.32 Å². The van der Waals surface area contributed by atoms with Gasteiger partial charge in [-0.1, -0.05) is 19.9 Å². The highest BCUT2D eigenvalue weighted by molar-refractivity contribution is 6.08. The van der Waals surface area contributed by atoms with Gasteiger partial charge < -0.3 is 5.32 Å². The Morgan fingerprint density at radius 3 is 2.43 bits per heavy atom. The molecule has 1 aromatic carbocycles. The molecule has 1 fully saturated rings. The standard InChI is InChI=1S/C15H18F2N2O2/c1-4-10-15(21)19(11(5-2)14(20)18-10)13-9(16)7-6-8(3)12(13)17/h6-7,10-11H,4-5H2,1-3H3,(H,18,20). The molecule has 0 radical (unpaired) electrons. The maximum Gasteiger partial charge on any atom is 0.250 e. The van der Waals surface area contributed by atoms with Crippen LogP contribution in [-0.2, 0) is 9.59 Å². The first-order valence-corrected chi connectivity index (χ1v) is 7.00. The molecular weight excluding hydrogens is 278 g/mol. The Labute approximate surface area is 122 Å². The second kappa shape index (κ2) is 5.79. The number of carbonyl (C=O) groups is 2. The second-order valence-corrected chi connectivity index (χ2v) is 5.13. The third-order valence-electron chi connectivity index (χ3n) is 3.76. The number of hydrogen-bond donors (Lipinski definition) is 1. The van der Waals surface area contributed by atoms with Crippen LogP contribution in [0.15, 0.2) is 12.1 Å². The highest BCUT2D eigenvalue weighted by Gasteiger charge is 2.42. The minimum atomic E-state index is -0.897. The number of piperazine rings is 1. The lowest BCUT2D eigenvalue weighted by atomic mass is 10.0. The molecule has 2 atom stereocenters. The van der Waals surface area contributed by atoms with Crippen LogP contribution in [0.5, 0.6) is 0 Å². The molecule has 21 heavy (non-hydrogen) atoms. The van der Waals surface area contributed by atoms with E-state index in [0.717, 1.165) is 11.0 Å². The van der Waals surface area contributed by atoms with Gasteiger partial charge in [-0.25, -0.2) is 8.78 Å². The van der Waals surface area contributed by atoms with E-state index in [0.29, 0.717) is 6.42 Å². The van der Waals surface area contributed by atoms with Gasteiger partial charge in [0, 0.05) is 0 Å². The van der Waals surface area contributed by atoms with Crippen molar-refractivity contribution in [2.45, 2.75) is 45.7 Å². The molecule has 0 bridgehead atoms. The normalized spacial score (nSPS) is 22.4. The molecule has 6 heteroatoms. The molecule has 0 spiro atoms. The van der Waals surface area contributed by atoms with E-state index in [2.05, 4.69) is 5.32 Å². The Balaban J connectivity index is 2.59. The van der Waals surface area contributed by atoms with Crippen LogP contribution in [0.2, 0.25) is 0 Å². The maximum atomic E-state index is 14.3. The quantitative estimate of drug-likeness (QED) is 0.930. The van der Waals surface area contributed by atoms with Crippen molar-refractivity contribution in [3.05, 3.63) is 29.3 Å². The number of hydrogen-bond acceptors (Lipinski definition) is 2. The summed E-state index contributed by atoms with van der Waals surface area (Å²) in [5.74, 6) is -2.50. The molecule has 2 amide bonds. The van der Waals surface area contributed by atoms with Gasteiger partial charge in [0.15, 0.2) is 5.82 Å². The number of nitrogens with one attached hydrogen (secondary N) is 1. The lowest BCUT2D eigenvalue weighted by Crippen LogP contribution is -2.63. The molecule has 0 aliphatic carbocycles. The van der Waals surface area contributed by atoms with Crippen LogP contribution in [0.4, 0.5) is 14.5 Å². The number of carbonyl (C=O) groups excluding carboxylic acids is 2. The summed E-state index contributed by atoms with van der Waals surface area (Å²) < 4.78 is 28.4. The first-order chi connectivity index (χ1) is 9.92. The SMILES string of the molecule is CCC1NC(=O)C(CC)N(c2c(F)ccc(C)c2F)C1=O. The summed E-state index contributed by atoms with van der Waals surface area (Å²) in [5.41, 5.74) is -0.201. The molecule has 4 nitrogen and oxygen atoms in total. The molecule has 1 aliphatic heterocycles. The Morgan fingerprint density at radius 1 is 1.19 bits per heavy atom. The summed E-state index contributed by atoms with van der Waals surface area (Å²) in [6, 6.07) is 0.771. The monoisotopic (exact) mass is 296 g/mol. The molecular formula is C15H18F2N2O2. The first kappa shape index (κ1) is 15.4. The van der Waals surface area contributed by atoms with Gasteiger partial charge in [0.05, 0.1) is 0 Å². The fourth-order valence-corrected chi connectivity index (χ4v) is 2.54. The number of anilines is 1. The molecule has 2 rings (SSSR count). The molecule has 1 saturated heterocycles. The number of amides is 2. The second-order valence-electron chi connectivity index (χ2n) is 5.13. The summed E-state index contributed by atoms with van der Waals surface area (Å²) in [7, 11) is 0. The van der Waals surface area contributed by atoms with Crippen molar-refractivity contribution in [2.24, 2.45) is 0 Å². The number of halogens is 2. The summed E-state index contributed by atoms with van der Waals surface area (Å²) in [6.07, 6.45) is 0.646. The lowest BCUT2D eigenvalue weighted by molar-refractivity contribution is -0.134. The Morgan fingerprint density at radius 2 is 1.86 bits per heavy atom. The third-order valence-corrected chi connectivity index (χ3v) is 3.76. The van der Waals surface area contributed by atoms with Gasteiger partial charge in [-0.2, -0.15) is 0 Å². The molecule has 0 aromatic heterocycles. The van der Waals surface area contributed by atoms with Crippen LogP contribution in [-0.4, -0.2) is 23.9 Å². The van der Waals surface area contributed by atoms with Crippen molar-refractivity contribution in [1.29, 1.82) is 0 Å². The van der Waals surface area contributed by atoms with Crippen molar-refractivity contribution < 1.29 is 18.4 Å². The molecule has 0 saturated carbocycles. The van der Waals surface area contributed by atoms with E-state index in [9.17, 15) is 18.4 Å². The fourth-order valence-electron chi connectivity index (χ4n) is 2.54. The van der Waals surface area contributed by atoms with Gasteiger partial charge >= 0.3 is 0 Å². The predicted molar refractivity (Wildman–Crippen MR) is 74.9 cm³/mol. The average Bonchev–Trinajstić information content (AvgIpc) is 2.46. The van der Waals surface area contributed by atoms with Crippen molar-refractivity contribution in [3.63, 3.8) is 0 Å². The highest BCUT2D eigenvalue weighted by Crippen LogP contribution is 2.30. The van der Waals surface area contributed by atoms with E-state index < -0.39 is 35.3 Å². The zero-order valence-corrected chi connectivity index (χ0v) is 12.2. The summed E-state index contributed by atoms with van der Waals surface area (Å²) >= 11 is 0. The fraction of sp³-hybridized carbons (Fsp3) is 0.467. The van der Waals surface area contributed by atoms with E-state index in [1.807, 2.05) is 0 Å². The minimum Gasteiger partial charge on any atom is -0.342 e. The predicted octanol–water partition coefficient (Wildman–Crippen LogP) is 2.29. The summed E-state index contributed by atoms with van der Waals surface area (Å²) in [4.78, 5) is 25.5. The maximum absolute atomic E-state index is 14.3. The van der Waals surface area contributed by atoms with Gasteiger partial charge in [-0.15, -0.1) is 0 Å². The van der Waals surface area contributed by atoms with Crippen molar-refractivity contribution >= 4 is 17.5 Å². The van der Waals surface area contributed by atoms with Gasteiger partial charge in [0.1, 0.15) is 23.6 Å². The van der Waals surface area contributed by atoms with Gasteiger partial charge in [0.2, 0.25) is 11.8 Å². The average molecular weight is 296 g/mol. The smallest absolute Gasteiger partial charge is 0.250 e. The van der Waals surface area contributed by atoms with Gasteiger partial charge in [-0.3, -0.25) is 14.5 Å². The summed E-state index contributed by atoms with van der Waals surface area (Å²) in [6.45, 7) is 4.92. The van der Waals surface area contributed by atoms with Crippen LogP contribution in [0, 0.1) is 18.6 Å². The zero-order valence-electron chi connectivity index (χ0n) is 12.2. The molecule has 1 N–H and O–H groups in total. The number of rotatable bonds is 3. The van der Waals surface area contributed by atoms with Crippen LogP contribution in [0.1, 0.15) is 32.3 Å². The largest absolute Gasteiger partial charge is 0.342 e. The zero-order chi connectivity index (χ0) is 15.7. The van der Waals surface area contributed by atoms with Crippen LogP contribution < -0.4 is 10.2 Å². The number of nitrogens with zero attached hydrogens (tertiary/aromatic N) is 1. The number of aryl methyl sites for hydroxylation is 1. The van der Waals surface area contributed by atoms with E-state index >= 15 is 0 Å². The van der Waals surface area contributed by atoms with E-state index in [-0.39, 0.29) is 17.9 Å². The third kappa shape index (κ3) is 2.50. The molecule has 2 unspecified atom stereocenters. The Hall–Kier alpha value is -1.98. The molecule has 1 aromatic rings. The highest BCUT2D eigenvalue weighted by atomic mass is 19.1. The topological polar surface area (TPSA) is 49.4 Å². The van der Waals surface area contributed by atoms with Gasteiger partial charge in [-0.05, 0) is 31.4 Å². The van der Waals surface area contributed by atoms with E-state index in [1.165, 1.54) is 13.0 Å². The first-order valence-electron chi connectivity index (χ1n) is 7.00. The molecule has 1 aliphatic rings. The number of benzene rings is 1. The lowest BCUT2D eigenvalue weighted by Gasteiger charge is -2.38. The molecule has 1 heterocycles.